The fraction of sp³-hybridized carbons (Fsp3) is 0.211. The summed E-state index contributed by atoms with van der Waals surface area (Å²) in [6, 6.07) is 16.4. The standard InChI is InChI=1S/C19H20N4/c1-3-17-13-18(21-14(2)15-7-5-4-6-8-15)23-19(22-17)16-9-11-20-12-10-16/h4-14H,3H2,1-2H3,(H,21,22,23)/t14-/m0/s1. The molecule has 1 aromatic carbocycles. The second-order valence-corrected chi connectivity index (χ2v) is 5.43. The zero-order valence-electron chi connectivity index (χ0n) is 13.4. The lowest BCUT2D eigenvalue weighted by molar-refractivity contribution is 0.868. The first kappa shape index (κ1) is 15.2. The van der Waals surface area contributed by atoms with Gasteiger partial charge < -0.3 is 5.32 Å². The molecule has 1 atom stereocenters. The molecule has 0 saturated carbocycles. The molecule has 0 aliphatic heterocycles. The van der Waals surface area contributed by atoms with E-state index in [1.165, 1.54) is 5.56 Å². The van der Waals surface area contributed by atoms with E-state index in [1.54, 1.807) is 12.4 Å². The number of hydrogen-bond donors (Lipinski definition) is 1. The quantitative estimate of drug-likeness (QED) is 0.764. The number of aromatic nitrogens is 3. The van der Waals surface area contributed by atoms with Gasteiger partial charge in [-0.15, -0.1) is 0 Å². The number of nitrogens with one attached hydrogen (secondary N) is 1. The van der Waals surface area contributed by atoms with Gasteiger partial charge in [0.15, 0.2) is 5.82 Å². The van der Waals surface area contributed by atoms with Gasteiger partial charge in [-0.2, -0.15) is 0 Å². The molecule has 3 rings (SSSR count). The molecule has 0 bridgehead atoms. The van der Waals surface area contributed by atoms with Gasteiger partial charge in [0, 0.05) is 35.8 Å². The van der Waals surface area contributed by atoms with Crippen LogP contribution in [0.5, 0.6) is 0 Å². The Balaban J connectivity index is 1.90. The van der Waals surface area contributed by atoms with Gasteiger partial charge >= 0.3 is 0 Å². The van der Waals surface area contributed by atoms with Crippen molar-refractivity contribution in [3.05, 3.63) is 72.2 Å². The summed E-state index contributed by atoms with van der Waals surface area (Å²) < 4.78 is 0. The molecule has 2 aromatic heterocycles. The van der Waals surface area contributed by atoms with Crippen molar-refractivity contribution in [1.82, 2.24) is 15.0 Å². The number of anilines is 1. The lowest BCUT2D eigenvalue weighted by Crippen LogP contribution is -2.09. The molecular formula is C19H20N4. The molecule has 116 valence electrons. The van der Waals surface area contributed by atoms with Crippen LogP contribution in [0.3, 0.4) is 0 Å². The molecule has 0 aliphatic rings. The first-order chi connectivity index (χ1) is 11.3. The summed E-state index contributed by atoms with van der Waals surface area (Å²) in [6.07, 6.45) is 4.39. The van der Waals surface area contributed by atoms with E-state index >= 15 is 0 Å². The highest BCUT2D eigenvalue weighted by Gasteiger charge is 2.09. The van der Waals surface area contributed by atoms with E-state index in [4.69, 9.17) is 0 Å². The van der Waals surface area contributed by atoms with Crippen LogP contribution < -0.4 is 5.32 Å². The van der Waals surface area contributed by atoms with Crippen LogP contribution in [-0.2, 0) is 6.42 Å². The Bertz CT molecular complexity index is 757. The summed E-state index contributed by atoms with van der Waals surface area (Å²) in [6.45, 7) is 4.23. The van der Waals surface area contributed by atoms with Gasteiger partial charge in [0.1, 0.15) is 5.82 Å². The highest BCUT2D eigenvalue weighted by molar-refractivity contribution is 5.57. The van der Waals surface area contributed by atoms with Crippen molar-refractivity contribution in [2.24, 2.45) is 0 Å². The third-order valence-electron chi connectivity index (χ3n) is 3.74. The van der Waals surface area contributed by atoms with Crippen molar-refractivity contribution in [1.29, 1.82) is 0 Å². The van der Waals surface area contributed by atoms with Crippen LogP contribution in [0.2, 0.25) is 0 Å². The Kier molecular flexibility index (Phi) is 4.62. The van der Waals surface area contributed by atoms with Crippen molar-refractivity contribution in [2.75, 3.05) is 5.32 Å². The lowest BCUT2D eigenvalue weighted by atomic mass is 10.1. The van der Waals surface area contributed by atoms with Crippen molar-refractivity contribution in [2.45, 2.75) is 26.3 Å². The minimum absolute atomic E-state index is 0.182. The molecule has 0 saturated heterocycles. The fourth-order valence-corrected chi connectivity index (χ4v) is 2.43. The first-order valence-corrected chi connectivity index (χ1v) is 7.86. The van der Waals surface area contributed by atoms with Crippen LogP contribution >= 0.6 is 0 Å². The Labute approximate surface area is 136 Å². The van der Waals surface area contributed by atoms with Crippen molar-refractivity contribution in [3.63, 3.8) is 0 Å². The van der Waals surface area contributed by atoms with E-state index in [1.807, 2.05) is 36.4 Å². The summed E-state index contributed by atoms with van der Waals surface area (Å²) in [7, 11) is 0. The maximum atomic E-state index is 4.67. The van der Waals surface area contributed by atoms with Gasteiger partial charge in [-0.05, 0) is 31.0 Å². The predicted octanol–water partition coefficient (Wildman–Crippen LogP) is 4.27. The average Bonchev–Trinajstić information content (AvgIpc) is 2.63. The predicted molar refractivity (Wildman–Crippen MR) is 93.1 cm³/mol. The maximum Gasteiger partial charge on any atom is 0.161 e. The summed E-state index contributed by atoms with van der Waals surface area (Å²) >= 11 is 0. The molecule has 4 heteroatoms. The second kappa shape index (κ2) is 7.01. The smallest absolute Gasteiger partial charge is 0.161 e. The normalized spacial score (nSPS) is 11.9. The van der Waals surface area contributed by atoms with Crippen LogP contribution in [0.15, 0.2) is 60.9 Å². The van der Waals surface area contributed by atoms with Gasteiger partial charge in [-0.3, -0.25) is 4.98 Å². The monoisotopic (exact) mass is 304 g/mol. The van der Waals surface area contributed by atoms with E-state index in [0.717, 1.165) is 29.3 Å². The average molecular weight is 304 g/mol. The Morgan fingerprint density at radius 3 is 2.43 bits per heavy atom. The topological polar surface area (TPSA) is 50.7 Å². The zero-order chi connectivity index (χ0) is 16.1. The van der Waals surface area contributed by atoms with Gasteiger partial charge in [-0.25, -0.2) is 9.97 Å². The molecule has 0 amide bonds. The van der Waals surface area contributed by atoms with Gasteiger partial charge in [0.2, 0.25) is 0 Å². The largest absolute Gasteiger partial charge is 0.363 e. The number of rotatable bonds is 5. The number of nitrogens with zero attached hydrogens (tertiary/aromatic N) is 3. The number of aryl methyl sites for hydroxylation is 1. The van der Waals surface area contributed by atoms with Crippen LogP contribution in [0.1, 0.15) is 31.1 Å². The van der Waals surface area contributed by atoms with Crippen molar-refractivity contribution < 1.29 is 0 Å². The maximum absolute atomic E-state index is 4.67. The van der Waals surface area contributed by atoms with E-state index < -0.39 is 0 Å². The van der Waals surface area contributed by atoms with Gasteiger partial charge in [0.05, 0.1) is 0 Å². The van der Waals surface area contributed by atoms with Crippen molar-refractivity contribution in [3.8, 4) is 11.4 Å². The van der Waals surface area contributed by atoms with Crippen LogP contribution in [0, 0.1) is 0 Å². The first-order valence-electron chi connectivity index (χ1n) is 7.86. The fourth-order valence-electron chi connectivity index (χ4n) is 2.43. The summed E-state index contributed by atoms with van der Waals surface area (Å²) in [4.78, 5) is 13.3. The molecule has 3 aromatic rings. The summed E-state index contributed by atoms with van der Waals surface area (Å²) in [5, 5.41) is 3.48. The van der Waals surface area contributed by atoms with E-state index in [0.29, 0.717) is 0 Å². The van der Waals surface area contributed by atoms with E-state index in [-0.39, 0.29) is 6.04 Å². The van der Waals surface area contributed by atoms with Gasteiger partial charge in [-0.1, -0.05) is 37.3 Å². The Hall–Kier alpha value is -2.75. The molecule has 0 aliphatic carbocycles. The van der Waals surface area contributed by atoms with Gasteiger partial charge in [0.25, 0.3) is 0 Å². The number of benzene rings is 1. The SMILES string of the molecule is CCc1cc(N[C@@H](C)c2ccccc2)nc(-c2ccncc2)n1. The minimum atomic E-state index is 0.182. The van der Waals surface area contributed by atoms with E-state index in [2.05, 4.69) is 46.2 Å². The highest BCUT2D eigenvalue weighted by atomic mass is 15.0. The molecule has 1 N–H and O–H groups in total. The molecule has 0 unspecified atom stereocenters. The Morgan fingerprint density at radius 2 is 1.74 bits per heavy atom. The summed E-state index contributed by atoms with van der Waals surface area (Å²) in [5.41, 5.74) is 3.23. The molecule has 2 heterocycles. The number of hydrogen-bond acceptors (Lipinski definition) is 4. The minimum Gasteiger partial charge on any atom is -0.363 e. The molecule has 23 heavy (non-hydrogen) atoms. The molecular weight excluding hydrogens is 284 g/mol. The summed E-state index contributed by atoms with van der Waals surface area (Å²) in [5.74, 6) is 1.58. The van der Waals surface area contributed by atoms with Crippen LogP contribution in [0.25, 0.3) is 11.4 Å². The highest BCUT2D eigenvalue weighted by Crippen LogP contribution is 2.21. The molecule has 0 fully saturated rings. The number of pyridine rings is 1. The second-order valence-electron chi connectivity index (χ2n) is 5.43. The van der Waals surface area contributed by atoms with Crippen LogP contribution in [-0.4, -0.2) is 15.0 Å². The third kappa shape index (κ3) is 3.72. The Morgan fingerprint density at radius 1 is 1.00 bits per heavy atom. The van der Waals surface area contributed by atoms with E-state index in [9.17, 15) is 0 Å². The molecule has 0 radical (unpaired) electrons. The van der Waals surface area contributed by atoms with Crippen LogP contribution in [0.4, 0.5) is 5.82 Å². The third-order valence-corrected chi connectivity index (χ3v) is 3.74. The lowest BCUT2D eigenvalue weighted by Gasteiger charge is -2.16. The molecule has 0 spiro atoms. The van der Waals surface area contributed by atoms with Crippen molar-refractivity contribution >= 4 is 5.82 Å². The molecule has 4 nitrogen and oxygen atoms in total. The zero-order valence-corrected chi connectivity index (χ0v) is 13.4.